The van der Waals surface area contributed by atoms with Crippen molar-refractivity contribution in [2.75, 3.05) is 13.2 Å². The average molecular weight is 365 g/mol. The number of halogens is 1. The molecule has 1 aliphatic heterocycles. The van der Waals surface area contributed by atoms with Crippen LogP contribution >= 0.6 is 11.8 Å². The Morgan fingerprint density at radius 1 is 1.08 bits per heavy atom. The fourth-order valence-corrected chi connectivity index (χ4v) is 3.52. The van der Waals surface area contributed by atoms with Crippen molar-refractivity contribution in [2.24, 2.45) is 0 Å². The highest BCUT2D eigenvalue weighted by Gasteiger charge is 2.39. The van der Waals surface area contributed by atoms with E-state index in [4.69, 9.17) is 4.74 Å². The van der Waals surface area contributed by atoms with Gasteiger partial charge in [0.15, 0.2) is 0 Å². The Balaban J connectivity index is 2.23. The molecule has 6 heteroatoms. The molecule has 0 fully saturated rings. The van der Waals surface area contributed by atoms with Crippen molar-refractivity contribution >= 4 is 29.1 Å². The van der Waals surface area contributed by atoms with Crippen LogP contribution in [0.5, 0.6) is 0 Å². The van der Waals surface area contributed by atoms with Crippen molar-refractivity contribution in [2.45, 2.75) is 45.5 Å². The summed E-state index contributed by atoms with van der Waals surface area (Å²) in [4.78, 5) is 27.3. The minimum absolute atomic E-state index is 0.116. The topological polar surface area (TPSA) is 46.6 Å². The van der Waals surface area contributed by atoms with Gasteiger partial charge in [0.25, 0.3) is 11.8 Å². The van der Waals surface area contributed by atoms with Gasteiger partial charge in [0.05, 0.1) is 16.6 Å². The quantitative estimate of drug-likeness (QED) is 0.518. The van der Waals surface area contributed by atoms with Gasteiger partial charge in [0.1, 0.15) is 5.82 Å². The molecule has 0 radical (unpaired) electrons. The van der Waals surface area contributed by atoms with Crippen LogP contribution in [-0.2, 0) is 14.3 Å². The molecule has 2 amide bonds. The number of nitrogens with zero attached hydrogens (tertiary/aromatic N) is 1. The van der Waals surface area contributed by atoms with Gasteiger partial charge in [-0.2, -0.15) is 0 Å². The second kappa shape index (κ2) is 8.63. The minimum Gasteiger partial charge on any atom is -0.379 e. The number of carbonyl (C=O) groups excluding carboxylic acids is 2. The number of imide groups is 1. The summed E-state index contributed by atoms with van der Waals surface area (Å²) in [6, 6.07) is 5.69. The Morgan fingerprint density at radius 2 is 1.72 bits per heavy atom. The lowest BCUT2D eigenvalue weighted by Gasteiger charge is -2.16. The van der Waals surface area contributed by atoms with Gasteiger partial charge in [-0.15, -0.1) is 11.8 Å². The molecule has 1 aliphatic rings. The van der Waals surface area contributed by atoms with E-state index in [2.05, 4.69) is 0 Å². The van der Waals surface area contributed by atoms with Gasteiger partial charge >= 0.3 is 0 Å². The molecule has 0 aliphatic carbocycles. The first-order valence-corrected chi connectivity index (χ1v) is 9.34. The zero-order valence-corrected chi connectivity index (χ0v) is 15.9. The van der Waals surface area contributed by atoms with E-state index in [0.717, 1.165) is 0 Å². The molecule has 0 spiro atoms. The SMILES string of the molecule is CC(C)OCCCN1C(=O)C(SC(C)C)=C(c2ccc(F)cc2)C1=O. The van der Waals surface area contributed by atoms with Crippen LogP contribution in [-0.4, -0.2) is 41.2 Å². The summed E-state index contributed by atoms with van der Waals surface area (Å²) in [5.74, 6) is -0.959. The molecule has 136 valence electrons. The molecule has 1 aromatic rings. The van der Waals surface area contributed by atoms with Crippen LogP contribution in [0.1, 0.15) is 39.7 Å². The Morgan fingerprint density at radius 3 is 2.28 bits per heavy atom. The van der Waals surface area contributed by atoms with Crippen molar-refractivity contribution in [1.29, 1.82) is 0 Å². The third-order valence-electron chi connectivity index (χ3n) is 3.59. The van der Waals surface area contributed by atoms with Gasteiger partial charge in [-0.1, -0.05) is 26.0 Å². The monoisotopic (exact) mass is 365 g/mol. The first-order chi connectivity index (χ1) is 11.8. The van der Waals surface area contributed by atoms with Gasteiger partial charge in [0.2, 0.25) is 0 Å². The van der Waals surface area contributed by atoms with Gasteiger partial charge in [-0.25, -0.2) is 4.39 Å². The predicted octanol–water partition coefficient (Wildman–Crippen LogP) is 3.86. The molecule has 0 unspecified atom stereocenters. The zero-order chi connectivity index (χ0) is 18.6. The third kappa shape index (κ3) is 4.92. The number of rotatable bonds is 8. The van der Waals surface area contributed by atoms with Crippen molar-refractivity contribution < 1.29 is 18.7 Å². The number of amides is 2. The van der Waals surface area contributed by atoms with Crippen LogP contribution in [0.25, 0.3) is 5.57 Å². The van der Waals surface area contributed by atoms with E-state index < -0.39 is 0 Å². The maximum atomic E-state index is 13.2. The molecular weight excluding hydrogens is 341 g/mol. The molecule has 0 aromatic heterocycles. The number of thioether (sulfide) groups is 1. The van der Waals surface area contributed by atoms with Crippen LogP contribution in [0.4, 0.5) is 4.39 Å². The van der Waals surface area contributed by atoms with E-state index in [-0.39, 0.29) is 29.0 Å². The normalized spacial score (nSPS) is 15.2. The predicted molar refractivity (Wildman–Crippen MR) is 98.5 cm³/mol. The van der Waals surface area contributed by atoms with E-state index in [1.807, 2.05) is 27.7 Å². The van der Waals surface area contributed by atoms with Crippen molar-refractivity contribution in [3.05, 3.63) is 40.6 Å². The molecule has 0 bridgehead atoms. The molecule has 0 N–H and O–H groups in total. The summed E-state index contributed by atoms with van der Waals surface area (Å²) < 4.78 is 18.7. The highest BCUT2D eigenvalue weighted by atomic mass is 32.2. The van der Waals surface area contributed by atoms with Crippen LogP contribution in [0.3, 0.4) is 0 Å². The molecule has 0 saturated heterocycles. The fourth-order valence-electron chi connectivity index (χ4n) is 2.51. The zero-order valence-electron chi connectivity index (χ0n) is 15.0. The maximum Gasteiger partial charge on any atom is 0.267 e. The smallest absolute Gasteiger partial charge is 0.267 e. The van der Waals surface area contributed by atoms with Gasteiger partial charge < -0.3 is 4.74 Å². The fraction of sp³-hybridized carbons (Fsp3) is 0.474. The molecule has 25 heavy (non-hydrogen) atoms. The lowest BCUT2D eigenvalue weighted by atomic mass is 10.1. The summed E-state index contributed by atoms with van der Waals surface area (Å²) in [6.45, 7) is 8.63. The number of carbonyl (C=O) groups is 2. The third-order valence-corrected chi connectivity index (χ3v) is 4.68. The van der Waals surface area contributed by atoms with E-state index in [0.29, 0.717) is 35.6 Å². The number of benzene rings is 1. The Kier molecular flexibility index (Phi) is 6.79. The van der Waals surface area contributed by atoms with Crippen molar-refractivity contribution in [1.82, 2.24) is 4.90 Å². The molecule has 0 atom stereocenters. The number of hydrogen-bond donors (Lipinski definition) is 0. The highest BCUT2D eigenvalue weighted by molar-refractivity contribution is 8.04. The maximum absolute atomic E-state index is 13.2. The summed E-state index contributed by atoms with van der Waals surface area (Å²) in [7, 11) is 0. The number of hydrogen-bond acceptors (Lipinski definition) is 4. The molecule has 4 nitrogen and oxygen atoms in total. The van der Waals surface area contributed by atoms with Crippen LogP contribution < -0.4 is 0 Å². The van der Waals surface area contributed by atoms with Crippen LogP contribution in [0.2, 0.25) is 0 Å². The van der Waals surface area contributed by atoms with E-state index in [1.54, 1.807) is 12.1 Å². The lowest BCUT2D eigenvalue weighted by Crippen LogP contribution is -2.33. The molecule has 1 aromatic carbocycles. The van der Waals surface area contributed by atoms with E-state index in [1.165, 1.54) is 28.8 Å². The van der Waals surface area contributed by atoms with Gasteiger partial charge in [-0.3, -0.25) is 14.5 Å². The Hall–Kier alpha value is -1.66. The summed E-state index contributed by atoms with van der Waals surface area (Å²) in [5.41, 5.74) is 0.942. The summed E-state index contributed by atoms with van der Waals surface area (Å²) in [6.07, 6.45) is 0.705. The van der Waals surface area contributed by atoms with Gasteiger partial charge in [-0.05, 0) is 38.0 Å². The Bertz CT molecular complexity index is 668. The summed E-state index contributed by atoms with van der Waals surface area (Å²) >= 11 is 1.37. The first kappa shape index (κ1) is 19.7. The highest BCUT2D eigenvalue weighted by Crippen LogP contribution is 2.37. The molecular formula is C19H24FNO3S. The van der Waals surface area contributed by atoms with Gasteiger partial charge in [0, 0.05) is 18.4 Å². The molecule has 0 saturated carbocycles. The lowest BCUT2D eigenvalue weighted by molar-refractivity contribution is -0.136. The van der Waals surface area contributed by atoms with Crippen LogP contribution in [0.15, 0.2) is 29.2 Å². The van der Waals surface area contributed by atoms with E-state index >= 15 is 0 Å². The van der Waals surface area contributed by atoms with Crippen molar-refractivity contribution in [3.63, 3.8) is 0 Å². The molecule has 2 rings (SSSR count). The minimum atomic E-state index is -0.373. The largest absolute Gasteiger partial charge is 0.379 e. The summed E-state index contributed by atoms with van der Waals surface area (Å²) in [5, 5.41) is 0.159. The van der Waals surface area contributed by atoms with Crippen molar-refractivity contribution in [3.8, 4) is 0 Å². The number of ether oxygens (including phenoxy) is 1. The Labute approximate surface area is 152 Å². The van der Waals surface area contributed by atoms with E-state index in [9.17, 15) is 14.0 Å². The molecule has 1 heterocycles. The second-order valence-corrected chi connectivity index (χ2v) is 8.00. The second-order valence-electron chi connectivity index (χ2n) is 6.41. The average Bonchev–Trinajstić information content (AvgIpc) is 2.76. The standard InChI is InChI=1S/C19H24FNO3S/c1-12(2)24-11-5-10-21-18(22)16(14-6-8-15(20)9-7-14)17(19(21)23)25-13(3)4/h6-9,12-13H,5,10-11H2,1-4H3. The van der Waals surface area contributed by atoms with Crippen LogP contribution in [0, 0.1) is 5.82 Å². The first-order valence-electron chi connectivity index (χ1n) is 8.46.